The van der Waals surface area contributed by atoms with Gasteiger partial charge in [0.05, 0.1) is 11.6 Å². The summed E-state index contributed by atoms with van der Waals surface area (Å²) in [5, 5.41) is 12.7. The van der Waals surface area contributed by atoms with Crippen molar-refractivity contribution in [2.45, 2.75) is 18.9 Å². The zero-order valence-electron chi connectivity index (χ0n) is 9.67. The SMILES string of the molecule is N#Cc1ccc(-c2nc(C3CCCO3)no2)cc1. The molecule has 90 valence electrons. The van der Waals surface area contributed by atoms with Crippen LogP contribution >= 0.6 is 0 Å². The van der Waals surface area contributed by atoms with Crippen molar-refractivity contribution in [3.05, 3.63) is 35.7 Å². The molecule has 1 saturated heterocycles. The van der Waals surface area contributed by atoms with E-state index >= 15 is 0 Å². The molecule has 0 radical (unpaired) electrons. The number of benzene rings is 1. The van der Waals surface area contributed by atoms with Gasteiger partial charge in [-0.15, -0.1) is 0 Å². The Morgan fingerprint density at radius 1 is 1.28 bits per heavy atom. The summed E-state index contributed by atoms with van der Waals surface area (Å²) in [6.07, 6.45) is 1.93. The number of nitrogens with zero attached hydrogens (tertiary/aromatic N) is 3. The standard InChI is InChI=1S/C13H11N3O2/c14-8-9-3-5-10(6-4-9)13-15-12(16-18-13)11-2-1-7-17-11/h3-6,11H,1-2,7H2. The lowest BCUT2D eigenvalue weighted by Crippen LogP contribution is -1.97. The van der Waals surface area contributed by atoms with Crippen LogP contribution in [0.2, 0.25) is 0 Å². The van der Waals surface area contributed by atoms with Gasteiger partial charge in [0, 0.05) is 12.2 Å². The van der Waals surface area contributed by atoms with Gasteiger partial charge in [-0.25, -0.2) is 0 Å². The lowest BCUT2D eigenvalue weighted by Gasteiger charge is -2.00. The van der Waals surface area contributed by atoms with E-state index in [9.17, 15) is 0 Å². The second-order valence-corrected chi connectivity index (χ2v) is 4.15. The van der Waals surface area contributed by atoms with Crippen LogP contribution in [0.15, 0.2) is 28.8 Å². The van der Waals surface area contributed by atoms with Crippen molar-refractivity contribution in [3.63, 3.8) is 0 Å². The Morgan fingerprint density at radius 3 is 2.78 bits per heavy atom. The first-order valence-electron chi connectivity index (χ1n) is 5.82. The number of ether oxygens (including phenoxy) is 1. The minimum absolute atomic E-state index is 0.0409. The number of rotatable bonds is 2. The quantitative estimate of drug-likeness (QED) is 0.807. The zero-order chi connectivity index (χ0) is 12.4. The minimum atomic E-state index is -0.0409. The Bertz CT molecular complexity index is 577. The van der Waals surface area contributed by atoms with Crippen molar-refractivity contribution in [3.8, 4) is 17.5 Å². The van der Waals surface area contributed by atoms with Gasteiger partial charge in [0.25, 0.3) is 5.89 Å². The molecule has 0 N–H and O–H groups in total. The molecule has 2 heterocycles. The molecule has 2 aromatic rings. The Balaban J connectivity index is 1.85. The van der Waals surface area contributed by atoms with E-state index in [1.807, 2.05) is 0 Å². The van der Waals surface area contributed by atoms with E-state index in [0.29, 0.717) is 17.3 Å². The molecule has 0 amide bonds. The Hall–Kier alpha value is -2.19. The van der Waals surface area contributed by atoms with Gasteiger partial charge in [0.15, 0.2) is 0 Å². The van der Waals surface area contributed by atoms with E-state index in [2.05, 4.69) is 16.2 Å². The Kier molecular flexibility index (Phi) is 2.79. The highest BCUT2D eigenvalue weighted by molar-refractivity contribution is 5.54. The number of aromatic nitrogens is 2. The van der Waals surface area contributed by atoms with Crippen LogP contribution in [0, 0.1) is 11.3 Å². The topological polar surface area (TPSA) is 71.9 Å². The molecule has 0 bridgehead atoms. The molecule has 1 aromatic heterocycles. The van der Waals surface area contributed by atoms with Crippen molar-refractivity contribution in [2.24, 2.45) is 0 Å². The van der Waals surface area contributed by atoms with E-state index in [4.69, 9.17) is 14.5 Å². The lowest BCUT2D eigenvalue weighted by molar-refractivity contribution is 0.103. The average Bonchev–Trinajstić information content (AvgIpc) is 3.09. The monoisotopic (exact) mass is 241 g/mol. The number of nitriles is 1. The van der Waals surface area contributed by atoms with Gasteiger partial charge in [-0.3, -0.25) is 0 Å². The van der Waals surface area contributed by atoms with Crippen LogP contribution in [0.25, 0.3) is 11.5 Å². The third-order valence-corrected chi connectivity index (χ3v) is 2.92. The van der Waals surface area contributed by atoms with Gasteiger partial charge < -0.3 is 9.26 Å². The summed E-state index contributed by atoms with van der Waals surface area (Å²) in [7, 11) is 0. The van der Waals surface area contributed by atoms with Crippen LogP contribution < -0.4 is 0 Å². The fraction of sp³-hybridized carbons (Fsp3) is 0.308. The molecule has 1 atom stereocenters. The van der Waals surface area contributed by atoms with Crippen molar-refractivity contribution in [2.75, 3.05) is 6.61 Å². The fourth-order valence-electron chi connectivity index (χ4n) is 1.95. The molecule has 1 fully saturated rings. The molecule has 1 aliphatic heterocycles. The predicted molar refractivity (Wildman–Crippen MR) is 62.4 cm³/mol. The number of hydrogen-bond acceptors (Lipinski definition) is 5. The van der Waals surface area contributed by atoms with Crippen LogP contribution in [0.3, 0.4) is 0 Å². The highest BCUT2D eigenvalue weighted by Gasteiger charge is 2.23. The molecule has 1 aromatic carbocycles. The maximum absolute atomic E-state index is 8.73. The summed E-state index contributed by atoms with van der Waals surface area (Å²) in [5.41, 5.74) is 1.42. The number of hydrogen-bond donors (Lipinski definition) is 0. The first kappa shape index (κ1) is 10.9. The molecule has 0 spiro atoms. The smallest absolute Gasteiger partial charge is 0.258 e. The second kappa shape index (κ2) is 4.59. The normalized spacial score (nSPS) is 18.7. The van der Waals surface area contributed by atoms with Gasteiger partial charge in [0.1, 0.15) is 6.10 Å². The molecule has 3 rings (SSSR count). The van der Waals surface area contributed by atoms with E-state index < -0.39 is 0 Å². The summed E-state index contributed by atoms with van der Waals surface area (Å²) in [4.78, 5) is 4.33. The van der Waals surface area contributed by atoms with Crippen molar-refractivity contribution < 1.29 is 9.26 Å². The molecule has 5 nitrogen and oxygen atoms in total. The molecule has 18 heavy (non-hydrogen) atoms. The third-order valence-electron chi connectivity index (χ3n) is 2.92. The minimum Gasteiger partial charge on any atom is -0.370 e. The fourth-order valence-corrected chi connectivity index (χ4v) is 1.95. The van der Waals surface area contributed by atoms with E-state index in [1.165, 1.54) is 0 Å². The lowest BCUT2D eigenvalue weighted by atomic mass is 10.1. The predicted octanol–water partition coefficient (Wildman–Crippen LogP) is 2.46. The van der Waals surface area contributed by atoms with Gasteiger partial charge in [0.2, 0.25) is 5.82 Å². The molecule has 5 heteroatoms. The van der Waals surface area contributed by atoms with Crippen LogP contribution in [0.1, 0.15) is 30.3 Å². The third kappa shape index (κ3) is 1.98. The molecule has 1 aliphatic rings. The van der Waals surface area contributed by atoms with E-state index in [1.54, 1.807) is 24.3 Å². The average molecular weight is 241 g/mol. The van der Waals surface area contributed by atoms with Crippen LogP contribution in [-0.2, 0) is 4.74 Å². The summed E-state index contributed by atoms with van der Waals surface area (Å²) in [6, 6.07) is 9.12. The second-order valence-electron chi connectivity index (χ2n) is 4.15. The van der Waals surface area contributed by atoms with Crippen LogP contribution in [-0.4, -0.2) is 16.7 Å². The largest absolute Gasteiger partial charge is 0.370 e. The summed E-state index contributed by atoms with van der Waals surface area (Å²) in [6.45, 7) is 0.755. The molecular formula is C13H11N3O2. The first-order valence-corrected chi connectivity index (χ1v) is 5.82. The maximum atomic E-state index is 8.73. The highest BCUT2D eigenvalue weighted by Crippen LogP contribution is 2.28. The molecule has 1 unspecified atom stereocenters. The Labute approximate surface area is 104 Å². The maximum Gasteiger partial charge on any atom is 0.258 e. The van der Waals surface area contributed by atoms with Crippen molar-refractivity contribution in [1.29, 1.82) is 5.26 Å². The van der Waals surface area contributed by atoms with E-state index in [0.717, 1.165) is 25.0 Å². The molecular weight excluding hydrogens is 230 g/mol. The molecule has 0 aliphatic carbocycles. The summed E-state index contributed by atoms with van der Waals surface area (Å²) < 4.78 is 10.7. The van der Waals surface area contributed by atoms with Crippen LogP contribution in [0.4, 0.5) is 0 Å². The van der Waals surface area contributed by atoms with Crippen LogP contribution in [0.5, 0.6) is 0 Å². The van der Waals surface area contributed by atoms with Gasteiger partial charge >= 0.3 is 0 Å². The van der Waals surface area contributed by atoms with Crippen molar-refractivity contribution >= 4 is 0 Å². The van der Waals surface area contributed by atoms with Crippen molar-refractivity contribution in [1.82, 2.24) is 10.1 Å². The van der Waals surface area contributed by atoms with E-state index in [-0.39, 0.29) is 6.10 Å². The summed E-state index contributed by atoms with van der Waals surface area (Å²) >= 11 is 0. The highest BCUT2D eigenvalue weighted by atomic mass is 16.5. The zero-order valence-corrected chi connectivity index (χ0v) is 9.67. The van der Waals surface area contributed by atoms with Gasteiger partial charge in [-0.1, -0.05) is 5.16 Å². The summed E-state index contributed by atoms with van der Waals surface area (Å²) in [5.74, 6) is 1.07. The molecule has 0 saturated carbocycles. The first-order chi connectivity index (χ1) is 8.86. The van der Waals surface area contributed by atoms with Gasteiger partial charge in [-0.2, -0.15) is 10.2 Å². The Morgan fingerprint density at radius 2 is 2.11 bits per heavy atom. The van der Waals surface area contributed by atoms with Gasteiger partial charge in [-0.05, 0) is 37.1 Å².